The van der Waals surface area contributed by atoms with Crippen LogP contribution >= 0.6 is 0 Å². The van der Waals surface area contributed by atoms with Crippen molar-refractivity contribution in [3.63, 3.8) is 0 Å². The van der Waals surface area contributed by atoms with Gasteiger partial charge in [0, 0.05) is 33.8 Å². The highest BCUT2D eigenvalue weighted by Gasteiger charge is 2.32. The first-order valence-electron chi connectivity index (χ1n) is 14.7. The van der Waals surface area contributed by atoms with Crippen LogP contribution in [0.2, 0.25) is 0 Å². The maximum Gasteiger partial charge on any atom is 0.416 e. The number of nitrogens with zero attached hydrogens (tertiary/aromatic N) is 4. The Balaban J connectivity index is 1.55. The van der Waals surface area contributed by atoms with E-state index in [0.717, 1.165) is 20.8 Å². The van der Waals surface area contributed by atoms with E-state index in [0.29, 0.717) is 23.5 Å². The number of nitrogens with one attached hydrogen (secondary N) is 1. The molecule has 0 saturated heterocycles. The van der Waals surface area contributed by atoms with Crippen molar-refractivity contribution < 1.29 is 45.5 Å². The summed E-state index contributed by atoms with van der Waals surface area (Å²) >= 11 is 0. The number of carboxylic acids is 1. The molecule has 0 saturated carbocycles. The van der Waals surface area contributed by atoms with Gasteiger partial charge in [-0.2, -0.15) is 13.2 Å². The highest BCUT2D eigenvalue weighted by Crippen LogP contribution is 2.35. The summed E-state index contributed by atoms with van der Waals surface area (Å²) in [4.78, 5) is 43.9. The van der Waals surface area contributed by atoms with Crippen LogP contribution in [0.3, 0.4) is 0 Å². The van der Waals surface area contributed by atoms with Crippen LogP contribution in [0.5, 0.6) is 0 Å². The van der Waals surface area contributed by atoms with E-state index < -0.39 is 62.2 Å². The Labute approximate surface area is 283 Å². The van der Waals surface area contributed by atoms with E-state index in [1.165, 1.54) is 63.5 Å². The van der Waals surface area contributed by atoms with Crippen LogP contribution in [0, 0.1) is 12.7 Å². The lowest BCUT2D eigenvalue weighted by molar-refractivity contribution is -0.137. The first-order valence-corrected chi connectivity index (χ1v) is 16.1. The van der Waals surface area contributed by atoms with Gasteiger partial charge in [-0.15, -0.1) is 0 Å². The Morgan fingerprint density at radius 2 is 1.58 bits per heavy atom. The van der Waals surface area contributed by atoms with E-state index in [-0.39, 0.29) is 33.5 Å². The van der Waals surface area contributed by atoms with Crippen molar-refractivity contribution in [2.45, 2.75) is 24.9 Å². The van der Waals surface area contributed by atoms with Gasteiger partial charge in [-0.25, -0.2) is 22.6 Å². The summed E-state index contributed by atoms with van der Waals surface area (Å²) < 4.78 is 83.7. The molecule has 11 nitrogen and oxygen atoms in total. The minimum Gasteiger partial charge on any atom is -0.478 e. The number of amides is 2. The molecule has 0 bridgehead atoms. The Kier molecular flexibility index (Phi) is 9.19. The van der Waals surface area contributed by atoms with Crippen LogP contribution in [-0.4, -0.2) is 55.0 Å². The molecule has 0 aliphatic carbocycles. The number of carboxylic acid groups (broad SMARTS) is 1. The average molecular weight is 712 g/mol. The zero-order valence-electron chi connectivity index (χ0n) is 27.1. The van der Waals surface area contributed by atoms with Crippen molar-refractivity contribution >= 4 is 55.9 Å². The van der Waals surface area contributed by atoms with Gasteiger partial charge in [0.2, 0.25) is 5.91 Å². The predicted molar refractivity (Wildman–Crippen MR) is 178 cm³/mol. The first-order chi connectivity index (χ1) is 23.3. The number of benzene rings is 4. The molecule has 0 atom stereocenters. The highest BCUT2D eigenvalue weighted by molar-refractivity contribution is 7.92. The van der Waals surface area contributed by atoms with Crippen molar-refractivity contribution in [1.82, 2.24) is 9.55 Å². The molecular weight excluding hydrogens is 682 g/mol. The third kappa shape index (κ3) is 6.61. The molecule has 1 aromatic heterocycles. The third-order valence-corrected chi connectivity index (χ3v) is 10.0. The van der Waals surface area contributed by atoms with Gasteiger partial charge in [-0.3, -0.25) is 13.9 Å². The van der Waals surface area contributed by atoms with E-state index in [4.69, 9.17) is 0 Å². The summed E-state index contributed by atoms with van der Waals surface area (Å²) in [5.41, 5.74) is -1.37. The smallest absolute Gasteiger partial charge is 0.416 e. The predicted octanol–water partition coefficient (Wildman–Crippen LogP) is 6.46. The van der Waals surface area contributed by atoms with Gasteiger partial charge in [-0.05, 0) is 78.7 Å². The van der Waals surface area contributed by atoms with E-state index in [2.05, 4.69) is 10.3 Å². The van der Waals surface area contributed by atoms with E-state index in [1.54, 1.807) is 13.0 Å². The normalized spacial score (nSPS) is 11.8. The molecule has 0 radical (unpaired) electrons. The molecule has 0 aliphatic rings. The number of anilines is 3. The lowest BCUT2D eigenvalue weighted by Gasteiger charge is -2.22. The molecule has 0 unspecified atom stereocenters. The summed E-state index contributed by atoms with van der Waals surface area (Å²) in [7, 11) is 0.440. The van der Waals surface area contributed by atoms with Gasteiger partial charge in [0.15, 0.2) is 0 Å². The number of carbonyl (C=O) groups is 3. The van der Waals surface area contributed by atoms with Crippen LogP contribution in [0.1, 0.15) is 39.0 Å². The molecule has 4 aromatic carbocycles. The lowest BCUT2D eigenvalue weighted by atomic mass is 9.93. The fourth-order valence-corrected chi connectivity index (χ4v) is 6.45. The number of rotatable bonds is 8. The summed E-state index contributed by atoms with van der Waals surface area (Å²) in [6.07, 6.45) is -4.85. The molecule has 50 heavy (non-hydrogen) atoms. The van der Waals surface area contributed by atoms with E-state index in [9.17, 15) is 45.5 Å². The number of sulfonamides is 1. The monoisotopic (exact) mass is 711 g/mol. The summed E-state index contributed by atoms with van der Waals surface area (Å²) in [5.74, 6) is -3.96. The van der Waals surface area contributed by atoms with E-state index in [1.807, 2.05) is 11.6 Å². The highest BCUT2D eigenvalue weighted by atomic mass is 32.2. The molecule has 0 spiro atoms. The standard InChI is InChI=1S/C34H29F4N5O6S/c1-18-39-29-17-24(11-13-30(29)41(18)3)50(48,49)43(5)22-9-6-20(7-10-22)25-15-23(42(4)19(2)44)16-26(31(25)33(46)47)32(45)40-28-12-8-21(14-27(28)35)34(36,37)38/h6-17H,1-5H3,(H,40,45)(H,46,47). The number of aromatic carboxylic acids is 1. The fraction of sp³-hybridized carbons (Fsp3) is 0.176. The van der Waals surface area contributed by atoms with Crippen molar-refractivity contribution in [3.05, 3.63) is 101 Å². The van der Waals surface area contributed by atoms with Crippen molar-refractivity contribution in [3.8, 4) is 11.1 Å². The van der Waals surface area contributed by atoms with Gasteiger partial charge >= 0.3 is 12.1 Å². The number of hydrogen-bond acceptors (Lipinski definition) is 6. The second kappa shape index (κ2) is 12.9. The van der Waals surface area contributed by atoms with Gasteiger partial charge < -0.3 is 19.9 Å². The number of alkyl halides is 3. The molecular formula is C34H29F4N5O6S. The lowest BCUT2D eigenvalue weighted by Crippen LogP contribution is -2.26. The van der Waals surface area contributed by atoms with Crippen LogP contribution in [0.15, 0.2) is 77.7 Å². The molecule has 2 amide bonds. The summed E-state index contributed by atoms with van der Waals surface area (Å²) in [6.45, 7) is 3.01. The number of fused-ring (bicyclic) bond motifs is 1. The topological polar surface area (TPSA) is 142 Å². The maximum atomic E-state index is 14.6. The molecule has 2 N–H and O–H groups in total. The zero-order chi connectivity index (χ0) is 36.9. The van der Waals surface area contributed by atoms with E-state index >= 15 is 0 Å². The SMILES string of the molecule is CC(=O)N(C)c1cc(C(=O)Nc2ccc(C(F)(F)F)cc2F)c(C(=O)O)c(-c2ccc(N(C)S(=O)(=O)c3ccc4c(c3)nc(C)n4C)cc2)c1. The van der Waals surface area contributed by atoms with Crippen molar-refractivity contribution in [1.29, 1.82) is 0 Å². The van der Waals surface area contributed by atoms with Gasteiger partial charge in [0.25, 0.3) is 15.9 Å². The number of aryl methyl sites for hydroxylation is 2. The fourth-order valence-electron chi connectivity index (χ4n) is 5.23. The molecule has 1 heterocycles. The number of halogens is 4. The average Bonchev–Trinajstić information content (AvgIpc) is 3.35. The molecule has 16 heteroatoms. The molecule has 5 aromatic rings. The number of aromatic nitrogens is 2. The van der Waals surface area contributed by atoms with Crippen molar-refractivity contribution in [2.75, 3.05) is 28.6 Å². The van der Waals surface area contributed by atoms with Crippen LogP contribution in [0.25, 0.3) is 22.2 Å². The van der Waals surface area contributed by atoms with Gasteiger partial charge in [0.05, 0.1) is 44.0 Å². The Morgan fingerprint density at radius 1 is 0.920 bits per heavy atom. The number of hydrogen-bond donors (Lipinski definition) is 2. The molecule has 5 rings (SSSR count). The molecule has 260 valence electrons. The first kappa shape index (κ1) is 35.5. The van der Waals surface area contributed by atoms with Crippen LogP contribution < -0.4 is 14.5 Å². The van der Waals surface area contributed by atoms with Gasteiger partial charge in [0.1, 0.15) is 11.6 Å². The minimum absolute atomic E-state index is 0.0112. The van der Waals surface area contributed by atoms with Crippen LogP contribution in [-0.2, 0) is 28.0 Å². The van der Waals surface area contributed by atoms with Crippen molar-refractivity contribution in [2.24, 2.45) is 7.05 Å². The molecule has 0 fully saturated rings. The quantitative estimate of drug-likeness (QED) is 0.176. The zero-order valence-corrected chi connectivity index (χ0v) is 27.9. The maximum absolute atomic E-state index is 14.6. The largest absolute Gasteiger partial charge is 0.478 e. The molecule has 0 aliphatic heterocycles. The Hall–Kier alpha value is -5.77. The summed E-state index contributed by atoms with van der Waals surface area (Å²) in [6, 6.07) is 14.1. The summed E-state index contributed by atoms with van der Waals surface area (Å²) in [5, 5.41) is 12.4. The number of carbonyl (C=O) groups excluding carboxylic acids is 2. The second-order valence-electron chi connectivity index (χ2n) is 11.3. The Bertz CT molecular complexity index is 2300. The van der Waals surface area contributed by atoms with Gasteiger partial charge in [-0.1, -0.05) is 12.1 Å². The minimum atomic E-state index is -4.85. The second-order valence-corrected chi connectivity index (χ2v) is 13.3. The Morgan fingerprint density at radius 3 is 2.16 bits per heavy atom. The number of imidazole rings is 1. The third-order valence-electron chi connectivity index (χ3n) is 8.26. The van der Waals surface area contributed by atoms with Crippen LogP contribution in [0.4, 0.5) is 34.6 Å².